The van der Waals surface area contributed by atoms with Crippen molar-refractivity contribution in [3.05, 3.63) is 69.8 Å². The van der Waals surface area contributed by atoms with Crippen LogP contribution in [0.3, 0.4) is 0 Å². The topological polar surface area (TPSA) is 87.4 Å². The minimum Gasteiger partial charge on any atom is -0.454 e. The van der Waals surface area contributed by atoms with Crippen LogP contribution in [0.5, 0.6) is 11.5 Å². The van der Waals surface area contributed by atoms with Crippen LogP contribution in [0.25, 0.3) is 0 Å². The number of hydrogen-bond acceptors (Lipinski definition) is 5. The summed E-state index contributed by atoms with van der Waals surface area (Å²) < 4.78 is 13.7. The van der Waals surface area contributed by atoms with Gasteiger partial charge in [0, 0.05) is 25.5 Å². The Morgan fingerprint density at radius 1 is 1.19 bits per heavy atom. The van der Waals surface area contributed by atoms with E-state index in [9.17, 15) is 9.59 Å². The first-order valence-electron chi connectivity index (χ1n) is 8.41. The van der Waals surface area contributed by atoms with E-state index in [4.69, 9.17) is 9.47 Å². The largest absolute Gasteiger partial charge is 0.454 e. The Balaban J connectivity index is 1.62. The molecule has 1 N–H and O–H groups in total. The Labute approximate surface area is 155 Å². The molecule has 1 aromatic carbocycles. The van der Waals surface area contributed by atoms with Crippen LogP contribution < -0.4 is 20.3 Å². The van der Waals surface area contributed by atoms with Crippen molar-refractivity contribution in [3.8, 4) is 11.5 Å². The summed E-state index contributed by atoms with van der Waals surface area (Å²) in [5, 5.41) is 6.77. The van der Waals surface area contributed by atoms with Gasteiger partial charge in [0.1, 0.15) is 5.56 Å². The number of benzene rings is 1. The molecule has 1 amide bonds. The van der Waals surface area contributed by atoms with Gasteiger partial charge in [0.2, 0.25) is 6.79 Å². The Morgan fingerprint density at radius 3 is 2.78 bits per heavy atom. The number of hydrogen-bond donors (Lipinski definition) is 1. The van der Waals surface area contributed by atoms with E-state index < -0.39 is 5.91 Å². The number of aromatic nitrogens is 3. The highest BCUT2D eigenvalue weighted by molar-refractivity contribution is 6.04. The maximum atomic E-state index is 12.9. The van der Waals surface area contributed by atoms with Crippen LogP contribution in [-0.2, 0) is 13.6 Å². The number of rotatable bonds is 4. The number of ether oxygens (including phenoxy) is 2. The lowest BCUT2D eigenvalue weighted by atomic mass is 10.1. The molecular weight excluding hydrogens is 348 g/mol. The van der Waals surface area contributed by atoms with Gasteiger partial charge in [-0.15, -0.1) is 0 Å². The maximum Gasteiger partial charge on any atom is 0.263 e. The smallest absolute Gasteiger partial charge is 0.263 e. The number of amides is 1. The zero-order chi connectivity index (χ0) is 19.0. The lowest BCUT2D eigenvalue weighted by Crippen LogP contribution is -2.30. The Bertz CT molecular complexity index is 1080. The molecule has 27 heavy (non-hydrogen) atoms. The van der Waals surface area contributed by atoms with Crippen LogP contribution in [0.2, 0.25) is 0 Å². The summed E-state index contributed by atoms with van der Waals surface area (Å²) in [5.74, 6) is 1.26. The van der Waals surface area contributed by atoms with E-state index in [-0.39, 0.29) is 17.9 Å². The van der Waals surface area contributed by atoms with Crippen LogP contribution in [0.15, 0.2) is 47.5 Å². The van der Waals surface area contributed by atoms with E-state index in [1.54, 1.807) is 43.2 Å². The maximum absolute atomic E-state index is 12.9. The van der Waals surface area contributed by atoms with E-state index in [1.165, 1.54) is 4.57 Å². The highest BCUT2D eigenvalue weighted by atomic mass is 16.7. The molecule has 0 saturated heterocycles. The van der Waals surface area contributed by atoms with Crippen LogP contribution in [0, 0.1) is 6.92 Å². The first-order valence-corrected chi connectivity index (χ1v) is 8.41. The van der Waals surface area contributed by atoms with Gasteiger partial charge in [-0.3, -0.25) is 14.3 Å². The first-order chi connectivity index (χ1) is 13.0. The number of carbonyl (C=O) groups excluding carboxylic acids is 1. The van der Waals surface area contributed by atoms with E-state index in [0.29, 0.717) is 29.4 Å². The van der Waals surface area contributed by atoms with Crippen molar-refractivity contribution in [2.24, 2.45) is 7.05 Å². The lowest BCUT2D eigenvalue weighted by Gasteiger charge is -2.11. The van der Waals surface area contributed by atoms with Gasteiger partial charge in [-0.2, -0.15) is 5.10 Å². The molecule has 0 saturated carbocycles. The zero-order valence-corrected chi connectivity index (χ0v) is 14.9. The average Bonchev–Trinajstić information content (AvgIpc) is 3.26. The van der Waals surface area contributed by atoms with Crippen molar-refractivity contribution in [1.29, 1.82) is 0 Å². The minimum absolute atomic E-state index is 0.101. The van der Waals surface area contributed by atoms with Gasteiger partial charge in [0.15, 0.2) is 17.3 Å². The third kappa shape index (κ3) is 3.29. The monoisotopic (exact) mass is 366 g/mol. The van der Waals surface area contributed by atoms with Gasteiger partial charge >= 0.3 is 0 Å². The first kappa shape index (κ1) is 16.9. The van der Waals surface area contributed by atoms with Crippen LogP contribution in [0.4, 0.5) is 5.82 Å². The minimum atomic E-state index is -0.476. The quantitative estimate of drug-likeness (QED) is 0.762. The van der Waals surface area contributed by atoms with Crippen molar-refractivity contribution < 1.29 is 14.3 Å². The van der Waals surface area contributed by atoms with Crippen LogP contribution in [-0.4, -0.2) is 27.0 Å². The van der Waals surface area contributed by atoms with Crippen LogP contribution >= 0.6 is 0 Å². The summed E-state index contributed by atoms with van der Waals surface area (Å²) in [6.45, 7) is 2.25. The Morgan fingerprint density at radius 2 is 2.00 bits per heavy atom. The Kier molecular flexibility index (Phi) is 4.15. The average molecular weight is 366 g/mol. The lowest BCUT2D eigenvalue weighted by molar-refractivity contribution is 0.102. The fourth-order valence-electron chi connectivity index (χ4n) is 2.96. The standard InChI is InChI=1S/C19H18N4O4/c1-12-5-8-23(10-13-3-4-14-15(9-13)27-11-26-14)19(25)17(12)18(24)20-16-6-7-22(2)21-16/h3-9H,10-11H2,1-2H3,(H,20,21,24). The van der Waals surface area contributed by atoms with Crippen molar-refractivity contribution in [2.75, 3.05) is 12.1 Å². The summed E-state index contributed by atoms with van der Waals surface area (Å²) in [5.41, 5.74) is 1.22. The molecule has 138 valence electrons. The summed E-state index contributed by atoms with van der Waals surface area (Å²) in [6, 6.07) is 8.93. The predicted molar refractivity (Wildman–Crippen MR) is 98.3 cm³/mol. The molecule has 0 atom stereocenters. The second-order valence-corrected chi connectivity index (χ2v) is 6.32. The molecule has 4 rings (SSSR count). The highest BCUT2D eigenvalue weighted by Crippen LogP contribution is 2.32. The molecule has 1 aliphatic heterocycles. The summed E-state index contributed by atoms with van der Waals surface area (Å²) in [7, 11) is 1.75. The normalized spacial score (nSPS) is 12.2. The zero-order valence-electron chi connectivity index (χ0n) is 14.9. The van der Waals surface area contributed by atoms with E-state index in [0.717, 1.165) is 5.56 Å². The summed E-state index contributed by atoms with van der Waals surface area (Å²) in [4.78, 5) is 25.5. The van der Waals surface area contributed by atoms with Gasteiger partial charge in [-0.1, -0.05) is 6.07 Å². The molecule has 3 aromatic rings. The number of aryl methyl sites for hydroxylation is 2. The van der Waals surface area contributed by atoms with Gasteiger partial charge in [-0.25, -0.2) is 0 Å². The van der Waals surface area contributed by atoms with Gasteiger partial charge in [-0.05, 0) is 36.2 Å². The molecule has 1 aliphatic rings. The third-order valence-electron chi connectivity index (χ3n) is 4.35. The van der Waals surface area contributed by atoms with Gasteiger partial charge in [0.25, 0.3) is 11.5 Å². The van der Waals surface area contributed by atoms with Crippen molar-refractivity contribution >= 4 is 11.7 Å². The molecule has 0 radical (unpaired) electrons. The number of fused-ring (bicyclic) bond motifs is 1. The highest BCUT2D eigenvalue weighted by Gasteiger charge is 2.18. The van der Waals surface area contributed by atoms with Crippen molar-refractivity contribution in [2.45, 2.75) is 13.5 Å². The van der Waals surface area contributed by atoms with Crippen molar-refractivity contribution in [1.82, 2.24) is 14.3 Å². The molecule has 0 bridgehead atoms. The van der Waals surface area contributed by atoms with E-state index in [2.05, 4.69) is 10.4 Å². The summed E-state index contributed by atoms with van der Waals surface area (Å²) in [6.07, 6.45) is 3.39. The number of anilines is 1. The molecule has 2 aromatic heterocycles. The van der Waals surface area contributed by atoms with E-state index in [1.807, 2.05) is 18.2 Å². The molecule has 0 fully saturated rings. The fourth-order valence-corrected chi connectivity index (χ4v) is 2.96. The Hall–Kier alpha value is -3.55. The molecule has 8 heteroatoms. The molecular formula is C19H18N4O4. The number of nitrogens with one attached hydrogen (secondary N) is 1. The second-order valence-electron chi connectivity index (χ2n) is 6.32. The molecule has 3 heterocycles. The predicted octanol–water partition coefficient (Wildman–Crippen LogP) is 1.92. The third-order valence-corrected chi connectivity index (χ3v) is 4.35. The SMILES string of the molecule is Cc1ccn(Cc2ccc3c(c2)OCO3)c(=O)c1C(=O)Nc1ccn(C)n1. The molecule has 0 aliphatic carbocycles. The molecule has 8 nitrogen and oxygen atoms in total. The molecule has 0 spiro atoms. The number of carbonyl (C=O) groups is 1. The van der Waals surface area contributed by atoms with E-state index >= 15 is 0 Å². The number of pyridine rings is 1. The fraction of sp³-hybridized carbons (Fsp3) is 0.211. The number of nitrogens with zero attached hydrogens (tertiary/aromatic N) is 3. The van der Waals surface area contributed by atoms with Gasteiger partial charge in [0.05, 0.1) is 6.54 Å². The van der Waals surface area contributed by atoms with Gasteiger partial charge < -0.3 is 19.4 Å². The molecule has 0 unspecified atom stereocenters. The second kappa shape index (κ2) is 6.64. The van der Waals surface area contributed by atoms with Crippen molar-refractivity contribution in [3.63, 3.8) is 0 Å². The summed E-state index contributed by atoms with van der Waals surface area (Å²) >= 11 is 0. The van der Waals surface area contributed by atoms with Crippen LogP contribution in [0.1, 0.15) is 21.5 Å².